The number of halogens is 5. The highest BCUT2D eigenvalue weighted by Gasteiger charge is 2.60. The van der Waals surface area contributed by atoms with Crippen LogP contribution in [0.2, 0.25) is 0 Å². The predicted molar refractivity (Wildman–Crippen MR) is 94.4 cm³/mol. The van der Waals surface area contributed by atoms with E-state index in [1.807, 2.05) is 0 Å². The van der Waals surface area contributed by atoms with Gasteiger partial charge in [-0.15, -0.1) is 0 Å². The summed E-state index contributed by atoms with van der Waals surface area (Å²) in [6.07, 6.45) is -4.09. The first kappa shape index (κ1) is 22.4. The third kappa shape index (κ3) is 4.23. The molecule has 154 valence electrons. The van der Waals surface area contributed by atoms with Crippen molar-refractivity contribution in [3.05, 3.63) is 65.0 Å². The third-order valence-electron chi connectivity index (χ3n) is 3.97. The molecule has 1 unspecified atom stereocenters. The zero-order chi connectivity index (χ0) is 21.3. The van der Waals surface area contributed by atoms with Gasteiger partial charge in [-0.25, -0.2) is 17.7 Å². The van der Waals surface area contributed by atoms with Gasteiger partial charge in [-0.1, -0.05) is 12.1 Å². The molecule has 0 aliphatic carbocycles. The van der Waals surface area contributed by atoms with Gasteiger partial charge in [0.1, 0.15) is 0 Å². The molecule has 0 radical (unpaired) electrons. The van der Waals surface area contributed by atoms with Crippen LogP contribution in [-0.2, 0) is 23.1 Å². The highest BCUT2D eigenvalue weighted by atomic mass is 32.2. The number of hydrogen-bond donors (Lipinski definition) is 2. The molecule has 0 fully saturated rings. The number of rotatable bonds is 5. The molecule has 0 aliphatic heterocycles. The van der Waals surface area contributed by atoms with Crippen molar-refractivity contribution in [2.75, 3.05) is 0 Å². The SMILES string of the molecule is CC(C)(C)[S@@](=O)NC(c1ccc(F)c(F)c1)(c1ccc(CO)cn1)C(F)(F)F. The maximum Gasteiger partial charge on any atom is 0.417 e. The second-order valence-electron chi connectivity index (χ2n) is 7.07. The van der Waals surface area contributed by atoms with E-state index >= 15 is 0 Å². The van der Waals surface area contributed by atoms with Crippen molar-refractivity contribution >= 4 is 11.0 Å². The van der Waals surface area contributed by atoms with Crippen molar-refractivity contribution in [3.8, 4) is 0 Å². The Morgan fingerprint density at radius 1 is 1.07 bits per heavy atom. The largest absolute Gasteiger partial charge is 0.417 e. The monoisotopic (exact) mass is 422 g/mol. The van der Waals surface area contributed by atoms with Crippen LogP contribution in [0.1, 0.15) is 37.6 Å². The quantitative estimate of drug-likeness (QED) is 0.723. The lowest BCUT2D eigenvalue weighted by Crippen LogP contribution is -2.58. The van der Waals surface area contributed by atoms with E-state index in [2.05, 4.69) is 9.71 Å². The molecule has 4 nitrogen and oxygen atoms in total. The predicted octanol–water partition coefficient (Wildman–Crippen LogP) is 3.71. The number of aliphatic hydroxyl groups is 1. The molecule has 1 aromatic carbocycles. The van der Waals surface area contributed by atoms with Crippen LogP contribution in [0.4, 0.5) is 22.0 Å². The van der Waals surface area contributed by atoms with Gasteiger partial charge in [-0.05, 0) is 50.1 Å². The van der Waals surface area contributed by atoms with Gasteiger partial charge in [0.2, 0.25) is 0 Å². The molecule has 10 heteroatoms. The van der Waals surface area contributed by atoms with E-state index in [0.717, 1.165) is 18.3 Å². The lowest BCUT2D eigenvalue weighted by Gasteiger charge is -2.38. The molecular formula is C18H19F5N2O2S. The van der Waals surface area contributed by atoms with Crippen LogP contribution < -0.4 is 4.72 Å². The number of benzene rings is 1. The van der Waals surface area contributed by atoms with Crippen molar-refractivity contribution in [3.63, 3.8) is 0 Å². The fourth-order valence-corrected chi connectivity index (χ4v) is 3.31. The van der Waals surface area contributed by atoms with E-state index in [0.29, 0.717) is 12.1 Å². The molecule has 0 saturated carbocycles. The van der Waals surface area contributed by atoms with E-state index in [4.69, 9.17) is 5.11 Å². The number of alkyl halides is 3. The van der Waals surface area contributed by atoms with Gasteiger partial charge >= 0.3 is 6.18 Å². The maximum atomic E-state index is 14.4. The summed E-state index contributed by atoms with van der Waals surface area (Å²) >= 11 is 0. The molecule has 1 heterocycles. The number of pyridine rings is 1. The Labute approximate surface area is 161 Å². The number of aromatic nitrogens is 1. The van der Waals surface area contributed by atoms with Gasteiger partial charge in [-0.3, -0.25) is 4.98 Å². The normalized spacial score (nSPS) is 15.9. The third-order valence-corrected chi connectivity index (χ3v) is 5.58. The second-order valence-corrected chi connectivity index (χ2v) is 9.04. The molecule has 2 aromatic rings. The average molecular weight is 422 g/mol. The van der Waals surface area contributed by atoms with E-state index in [1.165, 1.54) is 26.8 Å². The number of nitrogens with one attached hydrogen (secondary N) is 1. The Morgan fingerprint density at radius 2 is 1.71 bits per heavy atom. The van der Waals surface area contributed by atoms with Crippen molar-refractivity contribution in [2.45, 2.75) is 43.8 Å². The molecule has 0 bridgehead atoms. The summed E-state index contributed by atoms with van der Waals surface area (Å²) in [5.74, 6) is -2.80. The highest BCUT2D eigenvalue weighted by molar-refractivity contribution is 7.84. The van der Waals surface area contributed by atoms with Gasteiger partial charge in [-0.2, -0.15) is 13.2 Å². The minimum atomic E-state index is -5.12. The number of aliphatic hydroxyl groups excluding tert-OH is 1. The van der Waals surface area contributed by atoms with Crippen molar-refractivity contribution < 1.29 is 31.3 Å². The molecule has 2 rings (SSSR count). The number of hydrogen-bond acceptors (Lipinski definition) is 3. The summed E-state index contributed by atoms with van der Waals surface area (Å²) in [6, 6.07) is 3.93. The van der Waals surface area contributed by atoms with Crippen LogP contribution in [0.15, 0.2) is 36.5 Å². The summed E-state index contributed by atoms with van der Waals surface area (Å²) < 4.78 is 84.0. The Hall–Kier alpha value is -1.91. The Kier molecular flexibility index (Phi) is 6.27. The van der Waals surface area contributed by atoms with Crippen molar-refractivity contribution in [1.82, 2.24) is 9.71 Å². The molecular weight excluding hydrogens is 403 g/mol. The molecule has 2 atom stereocenters. The Bertz CT molecular complexity index is 866. The van der Waals surface area contributed by atoms with Crippen LogP contribution in [-0.4, -0.2) is 25.2 Å². The first-order valence-electron chi connectivity index (χ1n) is 8.11. The van der Waals surface area contributed by atoms with Gasteiger partial charge in [0.15, 0.2) is 17.2 Å². The second kappa shape index (κ2) is 7.84. The first-order valence-corrected chi connectivity index (χ1v) is 9.26. The molecule has 0 saturated heterocycles. The lowest BCUT2D eigenvalue weighted by molar-refractivity contribution is -0.182. The topological polar surface area (TPSA) is 62.2 Å². The van der Waals surface area contributed by atoms with Crippen LogP contribution in [0.3, 0.4) is 0 Å². The van der Waals surface area contributed by atoms with E-state index in [9.17, 15) is 26.2 Å². The summed E-state index contributed by atoms with van der Waals surface area (Å²) in [6.45, 7) is 3.94. The van der Waals surface area contributed by atoms with E-state index in [-0.39, 0.29) is 5.56 Å². The Morgan fingerprint density at radius 3 is 2.14 bits per heavy atom. The molecule has 0 spiro atoms. The lowest BCUT2D eigenvalue weighted by atomic mass is 9.86. The van der Waals surface area contributed by atoms with Crippen LogP contribution >= 0.6 is 0 Å². The van der Waals surface area contributed by atoms with Crippen molar-refractivity contribution in [1.29, 1.82) is 0 Å². The highest BCUT2D eigenvalue weighted by Crippen LogP contribution is 2.44. The summed E-state index contributed by atoms with van der Waals surface area (Å²) in [5, 5.41) is 9.11. The summed E-state index contributed by atoms with van der Waals surface area (Å²) in [5.41, 5.74) is -4.25. The fourth-order valence-electron chi connectivity index (χ4n) is 2.39. The van der Waals surface area contributed by atoms with Gasteiger partial charge in [0, 0.05) is 6.20 Å². The van der Waals surface area contributed by atoms with Crippen LogP contribution in [0.25, 0.3) is 0 Å². The zero-order valence-electron chi connectivity index (χ0n) is 15.3. The zero-order valence-corrected chi connectivity index (χ0v) is 16.1. The van der Waals surface area contributed by atoms with Gasteiger partial charge < -0.3 is 5.11 Å². The number of nitrogens with zero attached hydrogens (tertiary/aromatic N) is 1. The average Bonchev–Trinajstić information content (AvgIpc) is 2.60. The van der Waals surface area contributed by atoms with E-state index < -0.39 is 56.9 Å². The molecule has 1 aromatic heterocycles. The summed E-state index contributed by atoms with van der Waals surface area (Å²) in [7, 11) is -2.25. The molecule has 28 heavy (non-hydrogen) atoms. The minimum Gasteiger partial charge on any atom is -0.392 e. The van der Waals surface area contributed by atoms with Crippen LogP contribution in [0.5, 0.6) is 0 Å². The minimum absolute atomic E-state index is 0.252. The Balaban J connectivity index is 2.82. The fraction of sp³-hybridized carbons (Fsp3) is 0.389. The molecule has 0 aliphatic rings. The van der Waals surface area contributed by atoms with Crippen LogP contribution in [0, 0.1) is 11.6 Å². The smallest absolute Gasteiger partial charge is 0.392 e. The van der Waals surface area contributed by atoms with Gasteiger partial charge in [0.05, 0.1) is 28.0 Å². The first-order chi connectivity index (χ1) is 12.8. The van der Waals surface area contributed by atoms with E-state index in [1.54, 1.807) is 0 Å². The van der Waals surface area contributed by atoms with Crippen molar-refractivity contribution in [2.24, 2.45) is 0 Å². The summed E-state index contributed by atoms with van der Waals surface area (Å²) in [4.78, 5) is 3.76. The molecule has 0 amide bonds. The molecule has 2 N–H and O–H groups in total. The van der Waals surface area contributed by atoms with Gasteiger partial charge in [0.25, 0.3) is 0 Å². The standard InChI is InChI=1S/C18H19F5N2O2S/c1-16(2,3)28(27)25-17(18(21,22)23,12-5-6-13(19)14(20)8-12)15-7-4-11(10-26)9-24-15/h4-9,25-26H,10H2,1-3H3/t17?,28-/m1/s1. The maximum absolute atomic E-state index is 14.4.